The maximum Gasteiger partial charge on any atom is 0.335 e. The van der Waals surface area contributed by atoms with Crippen molar-refractivity contribution in [3.63, 3.8) is 0 Å². The molecule has 6 heteroatoms. The van der Waals surface area contributed by atoms with Crippen molar-refractivity contribution >= 4 is 23.3 Å². The van der Waals surface area contributed by atoms with Crippen molar-refractivity contribution in [3.8, 4) is 0 Å². The van der Waals surface area contributed by atoms with Gasteiger partial charge in [0.05, 0.1) is 5.56 Å². The van der Waals surface area contributed by atoms with Crippen LogP contribution in [0, 0.1) is 5.82 Å². The van der Waals surface area contributed by atoms with Gasteiger partial charge in [-0.1, -0.05) is 4.68 Å². The Kier molecular flexibility index (Phi) is 3.89. The van der Waals surface area contributed by atoms with Gasteiger partial charge in [-0.05, 0) is 36.4 Å². The molecule has 0 saturated heterocycles. The van der Waals surface area contributed by atoms with Crippen molar-refractivity contribution in [1.29, 1.82) is 0 Å². The van der Waals surface area contributed by atoms with Crippen molar-refractivity contribution in [3.05, 3.63) is 65.5 Å². The molecule has 1 heterocycles. The lowest BCUT2D eigenvalue weighted by Gasteiger charge is -2.14. The number of nitrogens with one attached hydrogen (secondary N) is 1. The summed E-state index contributed by atoms with van der Waals surface area (Å²) in [5.41, 5.74) is 5.20. The topological polar surface area (TPSA) is 69.4 Å². The fourth-order valence-electron chi connectivity index (χ4n) is 2.48. The predicted molar refractivity (Wildman–Crippen MR) is 81.2 cm³/mol. The number of hydrogen-bond acceptors (Lipinski definition) is 2. The van der Waals surface area contributed by atoms with E-state index in [1.807, 2.05) is 0 Å². The van der Waals surface area contributed by atoms with Crippen LogP contribution >= 0.6 is 0 Å². The van der Waals surface area contributed by atoms with Crippen molar-refractivity contribution in [2.24, 2.45) is 0 Å². The van der Waals surface area contributed by atoms with Crippen LogP contribution in [0.4, 0.5) is 10.1 Å². The lowest BCUT2D eigenvalue weighted by atomic mass is 10.0. The van der Waals surface area contributed by atoms with Gasteiger partial charge < -0.3 is 5.11 Å². The average Bonchev–Trinajstić information content (AvgIpc) is 2.56. The van der Waals surface area contributed by atoms with Crippen LogP contribution in [0.5, 0.6) is 0 Å². The number of aromatic carboxylic acids is 1. The summed E-state index contributed by atoms with van der Waals surface area (Å²) >= 11 is 0. The van der Waals surface area contributed by atoms with Gasteiger partial charge in [0.2, 0.25) is 11.4 Å². The fraction of sp³-hybridized carbons (Fsp3) is 0.118. The second-order valence-corrected chi connectivity index (χ2v) is 5.18. The summed E-state index contributed by atoms with van der Waals surface area (Å²) in [5.74, 6) is -1.47. The number of rotatable bonds is 3. The van der Waals surface area contributed by atoms with Crippen molar-refractivity contribution in [2.45, 2.75) is 12.8 Å². The Balaban J connectivity index is 2.07. The molecule has 0 bridgehead atoms. The lowest BCUT2D eigenvalue weighted by molar-refractivity contribution is -0.496. The Hall–Kier alpha value is -3.02. The van der Waals surface area contributed by atoms with Crippen molar-refractivity contribution in [2.75, 3.05) is 0 Å². The van der Waals surface area contributed by atoms with Gasteiger partial charge in [0.1, 0.15) is 5.82 Å². The van der Waals surface area contributed by atoms with Crippen LogP contribution in [0.3, 0.4) is 0 Å². The number of hydrazine groups is 1. The van der Waals surface area contributed by atoms with Crippen LogP contribution in [0.1, 0.15) is 28.8 Å². The molecular formula is C17H14FN2O3+. The van der Waals surface area contributed by atoms with E-state index in [9.17, 15) is 14.0 Å². The third kappa shape index (κ3) is 3.11. The Morgan fingerprint density at radius 3 is 2.30 bits per heavy atom. The summed E-state index contributed by atoms with van der Waals surface area (Å²) in [5, 5.41) is 8.96. The molecule has 0 fully saturated rings. The number of hydrazone groups is 1. The highest BCUT2D eigenvalue weighted by molar-refractivity contribution is 6.00. The van der Waals surface area contributed by atoms with E-state index in [4.69, 9.17) is 5.11 Å². The van der Waals surface area contributed by atoms with Crippen LogP contribution in [0.25, 0.3) is 0 Å². The predicted octanol–water partition coefficient (Wildman–Crippen LogP) is 2.48. The maximum absolute atomic E-state index is 13.1. The van der Waals surface area contributed by atoms with Gasteiger partial charge in [-0.3, -0.25) is 4.79 Å². The highest BCUT2D eigenvalue weighted by Crippen LogP contribution is 2.19. The molecular weight excluding hydrogens is 299 g/mol. The zero-order valence-electron chi connectivity index (χ0n) is 12.1. The van der Waals surface area contributed by atoms with Crippen molar-refractivity contribution in [1.82, 2.24) is 5.43 Å². The molecule has 23 heavy (non-hydrogen) atoms. The van der Waals surface area contributed by atoms with E-state index in [1.165, 1.54) is 24.3 Å². The number of carbonyl (C=O) groups is 2. The van der Waals surface area contributed by atoms with E-state index in [0.29, 0.717) is 18.5 Å². The molecule has 1 amide bonds. The van der Waals surface area contributed by atoms with Gasteiger partial charge in [-0.25, -0.2) is 9.18 Å². The Morgan fingerprint density at radius 1 is 1.04 bits per heavy atom. The van der Waals surface area contributed by atoms with E-state index in [-0.39, 0.29) is 17.3 Å². The van der Waals surface area contributed by atoms with Crippen molar-refractivity contribution < 1.29 is 23.8 Å². The molecule has 0 radical (unpaired) electrons. The summed E-state index contributed by atoms with van der Waals surface area (Å²) in [4.78, 5) is 22.7. The normalized spacial score (nSPS) is 14.6. The first-order valence-electron chi connectivity index (χ1n) is 7.09. The first-order chi connectivity index (χ1) is 11.0. The third-order valence-corrected chi connectivity index (χ3v) is 3.65. The molecule has 116 valence electrons. The monoisotopic (exact) mass is 313 g/mol. The molecule has 2 aromatic rings. The van der Waals surface area contributed by atoms with Crippen LogP contribution in [0.15, 0.2) is 48.5 Å². The number of benzene rings is 2. The highest BCUT2D eigenvalue weighted by atomic mass is 19.1. The fourth-order valence-corrected chi connectivity index (χ4v) is 2.48. The highest BCUT2D eigenvalue weighted by Gasteiger charge is 2.28. The summed E-state index contributed by atoms with van der Waals surface area (Å²) in [6.45, 7) is 0. The van der Waals surface area contributed by atoms with Crippen LogP contribution in [0.2, 0.25) is 0 Å². The zero-order valence-corrected chi connectivity index (χ0v) is 12.1. The number of hydrogen-bond donors (Lipinski definition) is 2. The molecule has 1 aliphatic heterocycles. The van der Waals surface area contributed by atoms with Crippen LogP contribution in [-0.4, -0.2) is 27.4 Å². The first-order valence-corrected chi connectivity index (χ1v) is 7.09. The number of halogens is 1. The van der Waals surface area contributed by atoms with Gasteiger partial charge in [0, 0.05) is 30.5 Å². The summed E-state index contributed by atoms with van der Waals surface area (Å²) in [6.07, 6.45) is 0.856. The molecule has 0 spiro atoms. The van der Waals surface area contributed by atoms with E-state index in [2.05, 4.69) is 5.43 Å². The molecule has 0 unspecified atom stereocenters. The van der Waals surface area contributed by atoms with Gasteiger partial charge in [-0.2, -0.15) is 0 Å². The minimum Gasteiger partial charge on any atom is -0.478 e. The zero-order chi connectivity index (χ0) is 16.4. The number of carboxylic acids is 1. The standard InChI is InChI=1S/C17H13FN2O3/c18-13-5-1-11(2-6-13)15-9-10-16(21)19-20(15)14-7-3-12(4-8-14)17(22)23/h1-8H,9-10H2,(H-,19,21,22,23)/p+1. The first kappa shape index (κ1) is 14.9. The Bertz CT molecular complexity index is 796. The van der Waals surface area contributed by atoms with Gasteiger partial charge >= 0.3 is 5.97 Å². The Labute approximate surface area is 131 Å². The second-order valence-electron chi connectivity index (χ2n) is 5.18. The molecule has 1 aliphatic rings. The summed E-state index contributed by atoms with van der Waals surface area (Å²) in [6, 6.07) is 12.2. The lowest BCUT2D eigenvalue weighted by Crippen LogP contribution is -2.40. The molecule has 2 N–H and O–H groups in total. The number of nitrogens with zero attached hydrogens (tertiary/aromatic N) is 1. The molecule has 0 aliphatic carbocycles. The molecule has 5 nitrogen and oxygen atoms in total. The minimum atomic E-state index is -1.01. The van der Waals surface area contributed by atoms with Gasteiger partial charge in [0.25, 0.3) is 5.91 Å². The van der Waals surface area contributed by atoms with E-state index in [1.54, 1.807) is 28.9 Å². The number of carboxylic acid groups (broad SMARTS) is 1. The Morgan fingerprint density at radius 2 is 1.70 bits per heavy atom. The van der Waals surface area contributed by atoms with Crippen LogP contribution in [-0.2, 0) is 4.79 Å². The SMILES string of the molecule is O=C1CCC(c2ccc(F)cc2)=[N+](c2ccc(C(=O)O)cc2)N1. The molecule has 0 atom stereocenters. The van der Waals surface area contributed by atoms with E-state index in [0.717, 1.165) is 11.3 Å². The largest absolute Gasteiger partial charge is 0.478 e. The quantitative estimate of drug-likeness (QED) is 0.855. The maximum atomic E-state index is 13.1. The average molecular weight is 313 g/mol. The van der Waals surface area contributed by atoms with E-state index >= 15 is 0 Å². The molecule has 3 rings (SSSR count). The molecule has 0 saturated carbocycles. The minimum absolute atomic E-state index is 0.127. The molecule has 0 aromatic heterocycles. The molecule has 2 aromatic carbocycles. The smallest absolute Gasteiger partial charge is 0.335 e. The summed E-state index contributed by atoms with van der Waals surface area (Å²) < 4.78 is 14.7. The van der Waals surface area contributed by atoms with Crippen LogP contribution < -0.4 is 5.43 Å². The number of amides is 1. The summed E-state index contributed by atoms with van der Waals surface area (Å²) in [7, 11) is 0. The van der Waals surface area contributed by atoms with Gasteiger partial charge in [0.15, 0.2) is 0 Å². The van der Waals surface area contributed by atoms with Gasteiger partial charge in [-0.15, -0.1) is 5.43 Å². The second kappa shape index (κ2) is 6.00. The third-order valence-electron chi connectivity index (χ3n) is 3.65. The number of carbonyl (C=O) groups excluding carboxylic acids is 1. The van der Waals surface area contributed by atoms with E-state index < -0.39 is 5.97 Å².